The van der Waals surface area contributed by atoms with Gasteiger partial charge in [-0.05, 0) is 29.3 Å². The van der Waals surface area contributed by atoms with Crippen LogP contribution in [0.2, 0.25) is 0 Å². The molecule has 0 amide bonds. The molecule has 4 nitrogen and oxygen atoms in total. The highest BCUT2D eigenvalue weighted by Crippen LogP contribution is 2.31. The smallest absolute Gasteiger partial charge is 0.163 e. The Hall–Kier alpha value is -4.31. The van der Waals surface area contributed by atoms with Crippen LogP contribution in [0.5, 0.6) is 0 Å². The molecule has 6 rings (SSSR count). The fourth-order valence-electron chi connectivity index (χ4n) is 3.88. The highest BCUT2D eigenvalue weighted by Gasteiger charge is 2.11. The number of hydrogen-bond acceptors (Lipinski definition) is 4. The van der Waals surface area contributed by atoms with Gasteiger partial charge in [-0.3, -0.25) is 0 Å². The van der Waals surface area contributed by atoms with Crippen molar-refractivity contribution >= 4 is 21.9 Å². The quantitative estimate of drug-likeness (QED) is 0.329. The molecule has 0 saturated carbocycles. The summed E-state index contributed by atoms with van der Waals surface area (Å²) < 4.78 is 6.01. The maximum Gasteiger partial charge on any atom is 0.163 e. The van der Waals surface area contributed by atoms with Gasteiger partial charge in [-0.2, -0.15) is 0 Å². The number of nitrogens with zero attached hydrogens (tertiary/aromatic N) is 3. The Kier molecular flexibility index (Phi) is 4.06. The van der Waals surface area contributed by atoms with E-state index in [4.69, 9.17) is 9.40 Å². The second kappa shape index (κ2) is 7.18. The normalized spacial score (nSPS) is 11.2. The van der Waals surface area contributed by atoms with E-state index in [0.29, 0.717) is 11.6 Å². The van der Waals surface area contributed by atoms with Crippen molar-refractivity contribution in [2.24, 2.45) is 0 Å². The third-order valence-electron chi connectivity index (χ3n) is 5.46. The fourth-order valence-corrected chi connectivity index (χ4v) is 3.88. The number of para-hydroxylation sites is 1. The molecular formula is C27H17N3O. The average molecular weight is 399 g/mol. The molecule has 0 aliphatic carbocycles. The zero-order chi connectivity index (χ0) is 20.6. The molecule has 0 saturated heterocycles. The first-order valence-corrected chi connectivity index (χ1v) is 10.1. The molecule has 0 bridgehead atoms. The summed E-state index contributed by atoms with van der Waals surface area (Å²) in [7, 11) is 0. The number of fused-ring (bicyclic) bond motifs is 3. The number of rotatable bonds is 3. The van der Waals surface area contributed by atoms with Gasteiger partial charge in [-0.25, -0.2) is 15.0 Å². The minimum absolute atomic E-state index is 0.625. The van der Waals surface area contributed by atoms with Crippen LogP contribution in [0.3, 0.4) is 0 Å². The summed E-state index contributed by atoms with van der Waals surface area (Å²) in [5.41, 5.74) is 5.90. The molecule has 2 heterocycles. The summed E-state index contributed by atoms with van der Waals surface area (Å²) in [6.45, 7) is 0. The topological polar surface area (TPSA) is 51.8 Å². The summed E-state index contributed by atoms with van der Waals surface area (Å²) in [4.78, 5) is 13.5. The SMILES string of the molecule is c1ccc(-c2ccc(-c3ncnc(-c4ccc5c(c4)oc4ccccc45)n3)cc2)cc1. The molecule has 146 valence electrons. The van der Waals surface area contributed by atoms with Gasteiger partial charge < -0.3 is 4.42 Å². The lowest BCUT2D eigenvalue weighted by molar-refractivity contribution is 0.669. The van der Waals surface area contributed by atoms with Crippen molar-refractivity contribution < 1.29 is 4.42 Å². The van der Waals surface area contributed by atoms with E-state index in [9.17, 15) is 0 Å². The van der Waals surface area contributed by atoms with Gasteiger partial charge >= 0.3 is 0 Å². The van der Waals surface area contributed by atoms with Gasteiger partial charge in [0.1, 0.15) is 17.5 Å². The molecule has 0 aliphatic heterocycles. The fraction of sp³-hybridized carbons (Fsp3) is 0. The largest absolute Gasteiger partial charge is 0.456 e. The third-order valence-corrected chi connectivity index (χ3v) is 5.46. The van der Waals surface area contributed by atoms with Crippen LogP contribution in [0.1, 0.15) is 0 Å². The molecule has 0 radical (unpaired) electrons. The summed E-state index contributed by atoms with van der Waals surface area (Å²) in [5, 5.41) is 2.20. The molecule has 4 aromatic carbocycles. The zero-order valence-electron chi connectivity index (χ0n) is 16.6. The van der Waals surface area contributed by atoms with Crippen LogP contribution >= 0.6 is 0 Å². The van der Waals surface area contributed by atoms with E-state index < -0.39 is 0 Å². The Bertz CT molecular complexity index is 1520. The van der Waals surface area contributed by atoms with E-state index in [2.05, 4.69) is 46.4 Å². The lowest BCUT2D eigenvalue weighted by Crippen LogP contribution is -1.95. The van der Waals surface area contributed by atoms with Crippen LogP contribution in [-0.4, -0.2) is 15.0 Å². The molecule has 6 aromatic rings. The van der Waals surface area contributed by atoms with Crippen LogP contribution in [0.4, 0.5) is 0 Å². The van der Waals surface area contributed by atoms with Gasteiger partial charge in [0.2, 0.25) is 0 Å². The van der Waals surface area contributed by atoms with Crippen molar-refractivity contribution in [2.75, 3.05) is 0 Å². The molecule has 4 heteroatoms. The predicted octanol–water partition coefficient (Wildman–Crippen LogP) is 6.77. The van der Waals surface area contributed by atoms with Crippen molar-refractivity contribution in [1.82, 2.24) is 15.0 Å². The summed E-state index contributed by atoms with van der Waals surface area (Å²) in [6, 6.07) is 32.7. The Morgan fingerprint density at radius 2 is 1.10 bits per heavy atom. The van der Waals surface area contributed by atoms with E-state index in [-0.39, 0.29) is 0 Å². The number of hydrogen-bond donors (Lipinski definition) is 0. The second-order valence-electron chi connectivity index (χ2n) is 7.39. The first-order valence-electron chi connectivity index (χ1n) is 10.1. The van der Waals surface area contributed by atoms with E-state index in [1.54, 1.807) is 6.33 Å². The maximum atomic E-state index is 6.01. The minimum atomic E-state index is 0.625. The predicted molar refractivity (Wildman–Crippen MR) is 123 cm³/mol. The molecule has 0 fully saturated rings. The van der Waals surface area contributed by atoms with Gasteiger partial charge in [0, 0.05) is 21.9 Å². The molecule has 0 N–H and O–H groups in total. The van der Waals surface area contributed by atoms with Gasteiger partial charge in [0.05, 0.1) is 0 Å². The van der Waals surface area contributed by atoms with Crippen molar-refractivity contribution in [3.63, 3.8) is 0 Å². The molecular weight excluding hydrogens is 382 g/mol. The standard InChI is InChI=1S/C27H17N3O/c1-2-6-18(7-3-1)19-10-12-20(13-11-19)26-28-17-29-27(30-26)21-14-15-23-22-8-4-5-9-24(22)31-25(23)16-21/h1-17H. The Balaban J connectivity index is 1.37. The van der Waals surface area contributed by atoms with Crippen molar-refractivity contribution in [2.45, 2.75) is 0 Å². The van der Waals surface area contributed by atoms with Gasteiger partial charge in [0.15, 0.2) is 11.6 Å². The maximum absolute atomic E-state index is 6.01. The summed E-state index contributed by atoms with van der Waals surface area (Å²) >= 11 is 0. The Morgan fingerprint density at radius 3 is 1.94 bits per heavy atom. The molecule has 0 spiro atoms. The highest BCUT2D eigenvalue weighted by atomic mass is 16.3. The van der Waals surface area contributed by atoms with Crippen molar-refractivity contribution in [3.8, 4) is 33.9 Å². The van der Waals surface area contributed by atoms with Crippen LogP contribution in [-0.2, 0) is 0 Å². The lowest BCUT2D eigenvalue weighted by Gasteiger charge is -2.05. The third kappa shape index (κ3) is 3.15. The lowest BCUT2D eigenvalue weighted by atomic mass is 10.0. The Morgan fingerprint density at radius 1 is 0.484 bits per heavy atom. The van der Waals surface area contributed by atoms with E-state index >= 15 is 0 Å². The molecule has 31 heavy (non-hydrogen) atoms. The molecule has 0 aliphatic rings. The van der Waals surface area contributed by atoms with Crippen LogP contribution < -0.4 is 0 Å². The van der Waals surface area contributed by atoms with Crippen molar-refractivity contribution in [1.29, 1.82) is 0 Å². The average Bonchev–Trinajstić information content (AvgIpc) is 3.23. The van der Waals surface area contributed by atoms with E-state index in [1.807, 2.05) is 60.7 Å². The number of furan rings is 1. The van der Waals surface area contributed by atoms with E-state index in [1.165, 1.54) is 5.56 Å². The second-order valence-corrected chi connectivity index (χ2v) is 7.39. The van der Waals surface area contributed by atoms with Crippen molar-refractivity contribution in [3.05, 3.63) is 103 Å². The highest BCUT2D eigenvalue weighted by molar-refractivity contribution is 6.05. The molecule has 0 atom stereocenters. The van der Waals surface area contributed by atoms with Crippen LogP contribution in [0.25, 0.3) is 55.8 Å². The van der Waals surface area contributed by atoms with Gasteiger partial charge in [-0.15, -0.1) is 0 Å². The first-order chi connectivity index (χ1) is 15.3. The van der Waals surface area contributed by atoms with Gasteiger partial charge in [0.25, 0.3) is 0 Å². The number of aromatic nitrogens is 3. The minimum Gasteiger partial charge on any atom is -0.456 e. The summed E-state index contributed by atoms with van der Waals surface area (Å²) in [6.07, 6.45) is 1.56. The Labute approximate surface area is 178 Å². The first kappa shape index (κ1) is 17.5. The zero-order valence-corrected chi connectivity index (χ0v) is 16.6. The van der Waals surface area contributed by atoms with Crippen LogP contribution in [0, 0.1) is 0 Å². The number of benzene rings is 4. The summed E-state index contributed by atoms with van der Waals surface area (Å²) in [5.74, 6) is 1.27. The monoisotopic (exact) mass is 399 g/mol. The van der Waals surface area contributed by atoms with E-state index in [0.717, 1.165) is 38.6 Å². The van der Waals surface area contributed by atoms with Gasteiger partial charge in [-0.1, -0.05) is 78.9 Å². The van der Waals surface area contributed by atoms with Crippen LogP contribution in [0.15, 0.2) is 108 Å². The molecule has 2 aromatic heterocycles. The molecule has 0 unspecified atom stereocenters.